The van der Waals surface area contributed by atoms with Gasteiger partial charge in [-0.15, -0.1) is 11.3 Å². The predicted molar refractivity (Wildman–Crippen MR) is 87.6 cm³/mol. The lowest BCUT2D eigenvalue weighted by Gasteiger charge is -2.23. The van der Waals surface area contributed by atoms with E-state index in [1.807, 2.05) is 30.2 Å². The number of hydrogen-bond acceptors (Lipinski definition) is 3. The summed E-state index contributed by atoms with van der Waals surface area (Å²) in [5, 5.41) is 2.05. The highest BCUT2D eigenvalue weighted by molar-refractivity contribution is 7.10. The van der Waals surface area contributed by atoms with Crippen LogP contribution in [0.25, 0.3) is 0 Å². The third-order valence-corrected chi connectivity index (χ3v) is 5.36. The Morgan fingerprint density at radius 3 is 2.73 bits per heavy atom. The molecule has 0 aliphatic carbocycles. The van der Waals surface area contributed by atoms with E-state index in [1.165, 1.54) is 4.88 Å². The number of aromatic nitrogens is 1. The lowest BCUT2D eigenvalue weighted by Crippen LogP contribution is -2.31. The fraction of sp³-hybridized carbons (Fsp3) is 0.412. The number of aryl methyl sites for hydroxylation is 1. The molecular weight excluding hydrogens is 296 g/mol. The summed E-state index contributed by atoms with van der Waals surface area (Å²) in [4.78, 5) is 31.0. The highest BCUT2D eigenvalue weighted by atomic mass is 32.1. The Morgan fingerprint density at radius 1 is 1.36 bits per heavy atom. The molecule has 0 radical (unpaired) electrons. The minimum Gasteiger partial charge on any atom is -0.354 e. The average molecular weight is 316 g/mol. The summed E-state index contributed by atoms with van der Waals surface area (Å²) in [5.41, 5.74) is 2.76. The van der Waals surface area contributed by atoms with Crippen LogP contribution in [0.3, 0.4) is 0 Å². The number of rotatable bonds is 3. The van der Waals surface area contributed by atoms with Gasteiger partial charge in [-0.1, -0.05) is 6.07 Å². The number of ketones is 1. The Balaban J connectivity index is 1.94. The number of nitrogens with zero attached hydrogens (tertiary/aromatic N) is 1. The van der Waals surface area contributed by atoms with Crippen molar-refractivity contribution in [2.24, 2.45) is 0 Å². The van der Waals surface area contributed by atoms with Crippen LogP contribution in [-0.2, 0) is 0 Å². The van der Waals surface area contributed by atoms with Crippen LogP contribution in [0, 0.1) is 13.8 Å². The second kappa shape index (κ2) is 5.72. The highest BCUT2D eigenvalue weighted by Crippen LogP contribution is 2.36. The number of H-pyrrole nitrogens is 1. The van der Waals surface area contributed by atoms with Crippen molar-refractivity contribution in [3.05, 3.63) is 44.9 Å². The maximum Gasteiger partial charge on any atom is 0.271 e. The van der Waals surface area contributed by atoms with E-state index in [2.05, 4.69) is 11.1 Å². The van der Waals surface area contributed by atoms with Crippen LogP contribution in [0.5, 0.6) is 0 Å². The average Bonchev–Trinajstić information content (AvgIpc) is 3.16. The number of amides is 1. The topological polar surface area (TPSA) is 53.2 Å². The molecule has 116 valence electrons. The second-order valence-electron chi connectivity index (χ2n) is 5.85. The molecule has 1 aliphatic heterocycles. The van der Waals surface area contributed by atoms with Crippen molar-refractivity contribution in [1.29, 1.82) is 0 Å². The summed E-state index contributed by atoms with van der Waals surface area (Å²) < 4.78 is 0. The summed E-state index contributed by atoms with van der Waals surface area (Å²) in [7, 11) is 0. The molecule has 2 aromatic rings. The molecule has 3 rings (SSSR count). The monoisotopic (exact) mass is 316 g/mol. The van der Waals surface area contributed by atoms with Gasteiger partial charge in [0.25, 0.3) is 5.91 Å². The summed E-state index contributed by atoms with van der Waals surface area (Å²) in [6, 6.07) is 4.28. The van der Waals surface area contributed by atoms with Crippen LogP contribution in [0.4, 0.5) is 0 Å². The van der Waals surface area contributed by atoms with Crippen LogP contribution in [0.1, 0.15) is 62.8 Å². The molecule has 2 aromatic heterocycles. The Bertz CT molecular complexity index is 715. The molecule has 0 spiro atoms. The molecule has 4 nitrogen and oxygen atoms in total. The zero-order valence-corrected chi connectivity index (χ0v) is 13.9. The van der Waals surface area contributed by atoms with E-state index in [9.17, 15) is 9.59 Å². The van der Waals surface area contributed by atoms with E-state index in [0.29, 0.717) is 11.3 Å². The van der Waals surface area contributed by atoms with Crippen molar-refractivity contribution in [2.45, 2.75) is 39.7 Å². The van der Waals surface area contributed by atoms with Gasteiger partial charge < -0.3 is 9.88 Å². The quantitative estimate of drug-likeness (QED) is 0.874. The van der Waals surface area contributed by atoms with E-state index >= 15 is 0 Å². The van der Waals surface area contributed by atoms with Gasteiger partial charge in [0.15, 0.2) is 5.78 Å². The third kappa shape index (κ3) is 2.39. The highest BCUT2D eigenvalue weighted by Gasteiger charge is 2.33. The van der Waals surface area contributed by atoms with Crippen LogP contribution in [-0.4, -0.2) is 28.1 Å². The number of aromatic amines is 1. The molecule has 0 unspecified atom stereocenters. The predicted octanol–water partition coefficient (Wildman–Crippen LogP) is 3.87. The van der Waals surface area contributed by atoms with E-state index in [-0.39, 0.29) is 17.7 Å². The zero-order valence-electron chi connectivity index (χ0n) is 13.1. The molecule has 1 amide bonds. The summed E-state index contributed by atoms with van der Waals surface area (Å²) in [5.74, 6) is 0.00512. The maximum absolute atomic E-state index is 12.9. The third-order valence-electron chi connectivity index (χ3n) is 4.39. The number of thiophene rings is 1. The Labute approximate surface area is 134 Å². The molecule has 1 fully saturated rings. The van der Waals surface area contributed by atoms with Gasteiger partial charge in [-0.05, 0) is 50.6 Å². The van der Waals surface area contributed by atoms with Gasteiger partial charge in [-0.25, -0.2) is 0 Å². The van der Waals surface area contributed by atoms with Gasteiger partial charge in [0.2, 0.25) is 0 Å². The zero-order chi connectivity index (χ0) is 15.9. The van der Waals surface area contributed by atoms with Crippen molar-refractivity contribution in [2.75, 3.05) is 6.54 Å². The smallest absolute Gasteiger partial charge is 0.271 e. The lowest BCUT2D eigenvalue weighted by molar-refractivity contribution is 0.0731. The van der Waals surface area contributed by atoms with Gasteiger partial charge in [0.05, 0.1) is 6.04 Å². The molecule has 1 atom stereocenters. The molecule has 1 N–H and O–H groups in total. The molecule has 1 aliphatic rings. The van der Waals surface area contributed by atoms with Crippen LogP contribution in [0.2, 0.25) is 0 Å². The maximum atomic E-state index is 12.9. The molecule has 0 bridgehead atoms. The molecule has 1 saturated heterocycles. The normalized spacial score (nSPS) is 18.0. The SMILES string of the molecule is CC(=O)c1c(C)[nH]c(C(=O)N2CCC[C@H]2c2cccs2)c1C. The van der Waals surface area contributed by atoms with E-state index < -0.39 is 0 Å². The summed E-state index contributed by atoms with van der Waals surface area (Å²) in [6.45, 7) is 6.01. The van der Waals surface area contributed by atoms with Gasteiger partial charge in [0.1, 0.15) is 5.69 Å². The first-order chi connectivity index (χ1) is 10.5. The number of likely N-dealkylation sites (tertiary alicyclic amines) is 1. The van der Waals surface area contributed by atoms with Crippen LogP contribution in [0.15, 0.2) is 17.5 Å². The largest absolute Gasteiger partial charge is 0.354 e. The molecule has 0 aromatic carbocycles. The van der Waals surface area contributed by atoms with Crippen LogP contribution >= 0.6 is 11.3 Å². The van der Waals surface area contributed by atoms with E-state index in [1.54, 1.807) is 18.3 Å². The molecule has 22 heavy (non-hydrogen) atoms. The van der Waals surface area contributed by atoms with Gasteiger partial charge >= 0.3 is 0 Å². The fourth-order valence-corrected chi connectivity index (χ4v) is 4.30. The van der Waals surface area contributed by atoms with E-state index in [0.717, 1.165) is 30.6 Å². The number of carbonyl (C=O) groups excluding carboxylic acids is 2. The first kappa shape index (κ1) is 15.0. The molecular formula is C17H20N2O2S. The standard InChI is InChI=1S/C17H20N2O2S/c1-10-15(12(3)20)11(2)18-16(10)17(21)19-8-4-6-13(19)14-7-5-9-22-14/h5,7,9,13,18H,4,6,8H2,1-3H3/t13-/m0/s1. The van der Waals surface area contributed by atoms with Gasteiger partial charge in [0, 0.05) is 22.7 Å². The van der Waals surface area contributed by atoms with Crippen molar-refractivity contribution < 1.29 is 9.59 Å². The number of carbonyl (C=O) groups is 2. The first-order valence-electron chi connectivity index (χ1n) is 7.55. The van der Waals surface area contributed by atoms with Gasteiger partial charge in [-0.2, -0.15) is 0 Å². The van der Waals surface area contributed by atoms with E-state index in [4.69, 9.17) is 0 Å². The Hall–Kier alpha value is -1.88. The van der Waals surface area contributed by atoms with Crippen LogP contribution < -0.4 is 0 Å². The summed E-state index contributed by atoms with van der Waals surface area (Å²) >= 11 is 1.70. The van der Waals surface area contributed by atoms with Crippen molar-refractivity contribution in [3.8, 4) is 0 Å². The first-order valence-corrected chi connectivity index (χ1v) is 8.43. The fourth-order valence-electron chi connectivity index (χ4n) is 3.42. The molecule has 0 saturated carbocycles. The van der Waals surface area contributed by atoms with Crippen molar-refractivity contribution in [3.63, 3.8) is 0 Å². The lowest BCUT2D eigenvalue weighted by atomic mass is 10.1. The number of nitrogens with one attached hydrogen (secondary N) is 1. The van der Waals surface area contributed by atoms with Gasteiger partial charge in [-0.3, -0.25) is 9.59 Å². The minimum atomic E-state index is 0.00142. The molecule has 3 heterocycles. The number of hydrogen-bond donors (Lipinski definition) is 1. The Kier molecular flexibility index (Phi) is 3.91. The number of Topliss-reactive ketones (excluding diaryl/α,β-unsaturated/α-hetero) is 1. The Morgan fingerprint density at radius 2 is 2.14 bits per heavy atom. The minimum absolute atomic E-state index is 0.00142. The van der Waals surface area contributed by atoms with Crippen molar-refractivity contribution >= 4 is 23.0 Å². The second-order valence-corrected chi connectivity index (χ2v) is 6.83. The summed E-state index contributed by atoms with van der Waals surface area (Å²) in [6.07, 6.45) is 2.02. The molecule has 5 heteroatoms. The van der Waals surface area contributed by atoms with Crippen molar-refractivity contribution in [1.82, 2.24) is 9.88 Å².